The van der Waals surface area contributed by atoms with Crippen LogP contribution in [-0.4, -0.2) is 40.6 Å². The number of sulfonamides is 1. The summed E-state index contributed by atoms with van der Waals surface area (Å²) in [6, 6.07) is 7.20. The first kappa shape index (κ1) is 24.8. The zero-order chi connectivity index (χ0) is 23.5. The summed E-state index contributed by atoms with van der Waals surface area (Å²) in [6.45, 7) is 1.42. The van der Waals surface area contributed by atoms with Crippen molar-refractivity contribution < 1.29 is 12.8 Å². The number of benzene rings is 2. The predicted molar refractivity (Wildman–Crippen MR) is 131 cm³/mol. The number of halogens is 4. The minimum atomic E-state index is -4.42. The standard InChI is InChI=1S/C19H19Cl3FN5O2S2/c1-24-5-6-27(2)17-7-12(20)3-4-15(17)26-16-9-14(23)18(8-13(16)21)32(29,30)28(22)19-10-31-11-25-19/h3-4,7-11,24,26H,5-6H2,1-2H3. The number of likely N-dealkylation sites (N-methyl/N-ethyl adjacent to an activating group) is 2. The van der Waals surface area contributed by atoms with Gasteiger partial charge in [0.05, 0.1) is 27.6 Å². The summed E-state index contributed by atoms with van der Waals surface area (Å²) in [4.78, 5) is 5.13. The molecule has 13 heteroatoms. The molecule has 32 heavy (non-hydrogen) atoms. The molecule has 0 aliphatic rings. The van der Waals surface area contributed by atoms with Crippen molar-refractivity contribution in [2.75, 3.05) is 41.2 Å². The summed E-state index contributed by atoms with van der Waals surface area (Å²) in [5.74, 6) is -1.05. The van der Waals surface area contributed by atoms with Crippen LogP contribution in [0.2, 0.25) is 10.0 Å². The molecular weight excluding hydrogens is 520 g/mol. The molecule has 7 nitrogen and oxygen atoms in total. The lowest BCUT2D eigenvalue weighted by Gasteiger charge is -2.24. The molecule has 3 rings (SSSR count). The van der Waals surface area contributed by atoms with Crippen molar-refractivity contribution in [2.45, 2.75) is 4.90 Å². The molecule has 2 aromatic carbocycles. The fraction of sp³-hybridized carbons (Fsp3) is 0.211. The molecule has 1 aromatic heterocycles. The van der Waals surface area contributed by atoms with E-state index < -0.39 is 20.7 Å². The molecule has 0 saturated heterocycles. The zero-order valence-corrected chi connectivity index (χ0v) is 20.8. The topological polar surface area (TPSA) is 77.6 Å². The smallest absolute Gasteiger partial charge is 0.282 e. The maximum absolute atomic E-state index is 14.9. The lowest BCUT2D eigenvalue weighted by molar-refractivity contribution is 0.568. The predicted octanol–water partition coefficient (Wildman–Crippen LogP) is 5.34. The average Bonchev–Trinajstić information content (AvgIpc) is 3.29. The molecule has 0 atom stereocenters. The van der Waals surface area contributed by atoms with Gasteiger partial charge in [0, 0.05) is 48.4 Å². The van der Waals surface area contributed by atoms with E-state index in [9.17, 15) is 12.8 Å². The van der Waals surface area contributed by atoms with Gasteiger partial charge in [-0.3, -0.25) is 0 Å². The number of aromatic nitrogens is 1. The Kier molecular flexibility index (Phi) is 8.07. The lowest BCUT2D eigenvalue weighted by Crippen LogP contribution is -2.27. The van der Waals surface area contributed by atoms with E-state index >= 15 is 0 Å². The highest BCUT2D eigenvalue weighted by Gasteiger charge is 2.29. The third-order valence-electron chi connectivity index (χ3n) is 4.45. The van der Waals surface area contributed by atoms with E-state index in [1.54, 1.807) is 18.2 Å². The van der Waals surface area contributed by atoms with Gasteiger partial charge >= 0.3 is 0 Å². The van der Waals surface area contributed by atoms with Crippen LogP contribution >= 0.6 is 46.3 Å². The number of rotatable bonds is 9. The number of hydrogen-bond acceptors (Lipinski definition) is 7. The van der Waals surface area contributed by atoms with Gasteiger partial charge in [-0.2, -0.15) is 12.2 Å². The summed E-state index contributed by atoms with van der Waals surface area (Å²) in [5.41, 5.74) is 2.97. The summed E-state index contributed by atoms with van der Waals surface area (Å²) >= 11 is 19.5. The molecule has 0 fully saturated rings. The second-order valence-electron chi connectivity index (χ2n) is 6.64. The van der Waals surface area contributed by atoms with E-state index in [1.807, 2.05) is 19.0 Å². The lowest BCUT2D eigenvalue weighted by atomic mass is 10.2. The Morgan fingerprint density at radius 2 is 1.94 bits per heavy atom. The molecule has 0 amide bonds. The van der Waals surface area contributed by atoms with Gasteiger partial charge in [0.2, 0.25) is 0 Å². The van der Waals surface area contributed by atoms with Crippen LogP contribution in [0.4, 0.5) is 27.3 Å². The summed E-state index contributed by atoms with van der Waals surface area (Å²) in [6.07, 6.45) is 0. The van der Waals surface area contributed by atoms with Gasteiger partial charge in [-0.05, 0) is 31.3 Å². The molecular formula is C19H19Cl3FN5O2S2. The molecule has 0 spiro atoms. The fourth-order valence-corrected chi connectivity index (χ4v) is 5.29. The van der Waals surface area contributed by atoms with E-state index in [-0.39, 0.29) is 16.5 Å². The third kappa shape index (κ3) is 5.38. The monoisotopic (exact) mass is 537 g/mol. The highest BCUT2D eigenvalue weighted by Crippen LogP contribution is 2.36. The van der Waals surface area contributed by atoms with E-state index in [1.165, 1.54) is 10.9 Å². The third-order valence-corrected chi connectivity index (χ3v) is 7.77. The maximum atomic E-state index is 14.9. The normalized spacial score (nSPS) is 11.4. The van der Waals surface area contributed by atoms with Crippen LogP contribution in [0, 0.1) is 5.82 Å². The average molecular weight is 539 g/mol. The minimum absolute atomic E-state index is 0.00732. The van der Waals surface area contributed by atoms with Gasteiger partial charge in [0.15, 0.2) is 5.82 Å². The molecule has 0 aliphatic carbocycles. The van der Waals surface area contributed by atoms with Gasteiger partial charge in [0.25, 0.3) is 10.0 Å². The minimum Gasteiger partial charge on any atom is -0.372 e. The van der Waals surface area contributed by atoms with Crippen LogP contribution in [-0.2, 0) is 10.0 Å². The number of anilines is 4. The molecule has 172 valence electrons. The van der Waals surface area contributed by atoms with E-state index in [0.717, 1.165) is 35.7 Å². The van der Waals surface area contributed by atoms with Crippen LogP contribution < -0.4 is 19.4 Å². The molecule has 0 saturated carbocycles. The Labute approximate surface area is 204 Å². The van der Waals surface area contributed by atoms with Gasteiger partial charge in [-0.1, -0.05) is 23.2 Å². The van der Waals surface area contributed by atoms with Crippen LogP contribution in [0.25, 0.3) is 0 Å². The number of nitrogens with one attached hydrogen (secondary N) is 2. The van der Waals surface area contributed by atoms with Crippen LogP contribution in [0.3, 0.4) is 0 Å². The second kappa shape index (κ2) is 10.4. The van der Waals surface area contributed by atoms with Crippen molar-refractivity contribution in [3.05, 3.63) is 57.1 Å². The van der Waals surface area contributed by atoms with Gasteiger partial charge < -0.3 is 15.5 Å². The van der Waals surface area contributed by atoms with E-state index in [2.05, 4.69) is 15.6 Å². The van der Waals surface area contributed by atoms with Crippen molar-refractivity contribution in [1.82, 2.24) is 10.3 Å². The maximum Gasteiger partial charge on any atom is 0.282 e. The summed E-state index contributed by atoms with van der Waals surface area (Å²) in [5, 5.41) is 8.07. The first-order chi connectivity index (χ1) is 15.1. The van der Waals surface area contributed by atoms with Crippen molar-refractivity contribution >= 4 is 79.2 Å². The van der Waals surface area contributed by atoms with Crippen molar-refractivity contribution in [2.24, 2.45) is 0 Å². The second-order valence-corrected chi connectivity index (χ2v) is 10.5. The molecule has 1 heterocycles. The number of nitrogens with zero attached hydrogens (tertiary/aromatic N) is 3. The molecule has 3 aromatic rings. The highest BCUT2D eigenvalue weighted by atomic mass is 35.5. The van der Waals surface area contributed by atoms with Gasteiger partial charge in [-0.15, -0.1) is 11.3 Å². The Morgan fingerprint density at radius 1 is 1.19 bits per heavy atom. The van der Waals surface area contributed by atoms with Crippen LogP contribution in [0.5, 0.6) is 0 Å². The fourth-order valence-electron chi connectivity index (χ4n) is 2.80. The van der Waals surface area contributed by atoms with Gasteiger partial charge in [-0.25, -0.2) is 9.37 Å². The molecule has 0 unspecified atom stereocenters. The number of hydrogen-bond donors (Lipinski definition) is 2. The number of thiazole rings is 1. The quantitative estimate of drug-likeness (QED) is 0.358. The van der Waals surface area contributed by atoms with E-state index in [0.29, 0.717) is 21.1 Å². The molecule has 2 N–H and O–H groups in total. The largest absolute Gasteiger partial charge is 0.372 e. The van der Waals surface area contributed by atoms with Crippen molar-refractivity contribution in [3.63, 3.8) is 0 Å². The van der Waals surface area contributed by atoms with E-state index in [4.69, 9.17) is 35.0 Å². The van der Waals surface area contributed by atoms with Crippen molar-refractivity contribution in [1.29, 1.82) is 0 Å². The Balaban J connectivity index is 1.95. The first-order valence-electron chi connectivity index (χ1n) is 9.15. The highest BCUT2D eigenvalue weighted by molar-refractivity contribution is 7.94. The Morgan fingerprint density at radius 3 is 2.59 bits per heavy atom. The zero-order valence-electron chi connectivity index (χ0n) is 16.9. The van der Waals surface area contributed by atoms with Crippen LogP contribution in [0.15, 0.2) is 46.1 Å². The Hall–Kier alpha value is -1.82. The van der Waals surface area contributed by atoms with Crippen molar-refractivity contribution in [3.8, 4) is 0 Å². The molecule has 0 aliphatic heterocycles. The molecule has 0 bridgehead atoms. The summed E-state index contributed by atoms with van der Waals surface area (Å²) in [7, 11) is -0.684. The SMILES string of the molecule is CNCCN(C)c1cc(Cl)ccc1Nc1cc(F)c(S(=O)(=O)N(Cl)c2cscn2)cc1Cl. The van der Waals surface area contributed by atoms with Gasteiger partial charge in [0.1, 0.15) is 10.7 Å². The first-order valence-corrected chi connectivity index (χ1v) is 12.6. The van der Waals surface area contributed by atoms with Crippen LogP contribution in [0.1, 0.15) is 0 Å². The molecule has 0 radical (unpaired) electrons. The summed E-state index contributed by atoms with van der Waals surface area (Å²) < 4.78 is 40.8. The Bertz CT molecular complexity index is 1200.